The van der Waals surface area contributed by atoms with E-state index in [1.165, 1.54) is 0 Å². The van der Waals surface area contributed by atoms with Gasteiger partial charge >= 0.3 is 0 Å². The van der Waals surface area contributed by atoms with E-state index in [-0.39, 0.29) is 0 Å². The van der Waals surface area contributed by atoms with Crippen molar-refractivity contribution >= 4 is 17.4 Å². The molecule has 0 saturated heterocycles. The molecule has 1 N–H and O–H groups in total. The molecule has 0 radical (unpaired) electrons. The fourth-order valence-electron chi connectivity index (χ4n) is 1.76. The largest absolute Gasteiger partial charge is 0.439 e. The van der Waals surface area contributed by atoms with Gasteiger partial charge in [-0.1, -0.05) is 18.5 Å². The number of ether oxygens (including phenoxy) is 1. The molecule has 1 aromatic heterocycles. The maximum Gasteiger partial charge on any atom is 0.224 e. The lowest BCUT2D eigenvalue weighted by Crippen LogP contribution is -2.04. The first-order valence-electron chi connectivity index (χ1n) is 6.68. The van der Waals surface area contributed by atoms with Crippen molar-refractivity contribution in [2.45, 2.75) is 27.2 Å². The van der Waals surface area contributed by atoms with E-state index in [1.54, 1.807) is 6.07 Å². The van der Waals surface area contributed by atoms with Crippen LogP contribution in [0.5, 0.6) is 11.6 Å². The highest BCUT2D eigenvalue weighted by Gasteiger charge is 2.06. The second kappa shape index (κ2) is 6.57. The predicted molar refractivity (Wildman–Crippen MR) is 81.8 cm³/mol. The van der Waals surface area contributed by atoms with Gasteiger partial charge in [0.1, 0.15) is 17.4 Å². The monoisotopic (exact) mass is 291 g/mol. The third kappa shape index (κ3) is 3.61. The first-order valence-corrected chi connectivity index (χ1v) is 7.06. The number of hydrogen-bond acceptors (Lipinski definition) is 4. The van der Waals surface area contributed by atoms with E-state index in [9.17, 15) is 0 Å². The van der Waals surface area contributed by atoms with Crippen molar-refractivity contribution in [3.8, 4) is 11.6 Å². The number of aryl methyl sites for hydroxylation is 2. The Morgan fingerprint density at radius 2 is 2.00 bits per heavy atom. The number of benzene rings is 1. The van der Waals surface area contributed by atoms with Crippen LogP contribution >= 0.6 is 11.6 Å². The van der Waals surface area contributed by atoms with Gasteiger partial charge in [0.15, 0.2) is 0 Å². The van der Waals surface area contributed by atoms with Gasteiger partial charge in [0.2, 0.25) is 5.88 Å². The number of rotatable bonds is 5. The van der Waals surface area contributed by atoms with Crippen molar-refractivity contribution in [3.05, 3.63) is 40.7 Å². The minimum absolute atomic E-state index is 0.537. The molecule has 0 bridgehead atoms. The van der Waals surface area contributed by atoms with Gasteiger partial charge in [-0.25, -0.2) is 4.98 Å². The maximum atomic E-state index is 6.01. The lowest BCUT2D eigenvalue weighted by atomic mass is 10.2. The molecule has 0 aliphatic rings. The molecular formula is C15H18ClN3O. The summed E-state index contributed by atoms with van der Waals surface area (Å²) in [6, 6.07) is 7.34. The highest BCUT2D eigenvalue weighted by molar-refractivity contribution is 6.31. The molecule has 20 heavy (non-hydrogen) atoms. The van der Waals surface area contributed by atoms with Crippen LogP contribution in [-0.4, -0.2) is 16.5 Å². The molecule has 2 rings (SSSR count). The third-order valence-corrected chi connectivity index (χ3v) is 3.20. The highest BCUT2D eigenvalue weighted by Crippen LogP contribution is 2.26. The molecule has 0 aliphatic carbocycles. The molecule has 0 fully saturated rings. The Labute approximate surface area is 124 Å². The lowest BCUT2D eigenvalue weighted by Gasteiger charge is -2.10. The Morgan fingerprint density at radius 3 is 2.65 bits per heavy atom. The number of hydrogen-bond donors (Lipinski definition) is 1. The summed E-state index contributed by atoms with van der Waals surface area (Å²) in [5, 5.41) is 3.90. The Hall–Kier alpha value is -1.81. The van der Waals surface area contributed by atoms with E-state index in [0.717, 1.165) is 40.9 Å². The summed E-state index contributed by atoms with van der Waals surface area (Å²) >= 11 is 6.01. The van der Waals surface area contributed by atoms with E-state index < -0.39 is 0 Å². The lowest BCUT2D eigenvalue weighted by molar-refractivity contribution is 0.459. The van der Waals surface area contributed by atoms with Gasteiger partial charge in [0.05, 0.1) is 0 Å². The van der Waals surface area contributed by atoms with Gasteiger partial charge in [-0.05, 0) is 37.6 Å². The molecule has 5 heteroatoms. The van der Waals surface area contributed by atoms with Crippen LogP contribution in [0.3, 0.4) is 0 Å². The smallest absolute Gasteiger partial charge is 0.224 e. The van der Waals surface area contributed by atoms with Crippen molar-refractivity contribution in [3.63, 3.8) is 0 Å². The standard InChI is InChI=1S/C15H18ClN3O/c1-4-13-18-14(17-5-2)9-15(19-13)20-11-6-7-12(16)10(3)8-11/h6-9H,4-5H2,1-3H3,(H,17,18,19). The quantitative estimate of drug-likeness (QED) is 0.896. The second-order valence-corrected chi connectivity index (χ2v) is 4.81. The molecule has 4 nitrogen and oxygen atoms in total. The van der Waals surface area contributed by atoms with Crippen molar-refractivity contribution in [1.82, 2.24) is 9.97 Å². The predicted octanol–water partition coefficient (Wildman–Crippen LogP) is 4.22. The van der Waals surface area contributed by atoms with Crippen LogP contribution in [0, 0.1) is 6.92 Å². The fraction of sp³-hybridized carbons (Fsp3) is 0.333. The molecule has 0 saturated carbocycles. The molecule has 0 amide bonds. The number of nitrogens with zero attached hydrogens (tertiary/aromatic N) is 2. The Bertz CT molecular complexity index is 602. The second-order valence-electron chi connectivity index (χ2n) is 4.40. The topological polar surface area (TPSA) is 47.0 Å². The number of halogens is 1. The fourth-order valence-corrected chi connectivity index (χ4v) is 1.87. The first kappa shape index (κ1) is 14.6. The van der Waals surface area contributed by atoms with Crippen molar-refractivity contribution in [2.24, 2.45) is 0 Å². The molecule has 0 spiro atoms. The van der Waals surface area contributed by atoms with E-state index in [2.05, 4.69) is 15.3 Å². The van der Waals surface area contributed by atoms with Gasteiger partial charge < -0.3 is 10.1 Å². The van der Waals surface area contributed by atoms with Crippen molar-refractivity contribution in [2.75, 3.05) is 11.9 Å². The Balaban J connectivity index is 2.27. The minimum atomic E-state index is 0.537. The van der Waals surface area contributed by atoms with E-state index >= 15 is 0 Å². The molecule has 0 unspecified atom stereocenters. The molecule has 106 valence electrons. The molecule has 1 aromatic carbocycles. The first-order chi connectivity index (χ1) is 9.62. The minimum Gasteiger partial charge on any atom is -0.439 e. The molecular weight excluding hydrogens is 274 g/mol. The zero-order valence-electron chi connectivity index (χ0n) is 11.9. The number of anilines is 1. The summed E-state index contributed by atoms with van der Waals surface area (Å²) in [6.45, 7) is 6.79. The van der Waals surface area contributed by atoms with Gasteiger partial charge in [0.25, 0.3) is 0 Å². The number of aromatic nitrogens is 2. The van der Waals surface area contributed by atoms with E-state index in [0.29, 0.717) is 5.88 Å². The SMILES string of the molecule is CCNc1cc(Oc2ccc(Cl)c(C)c2)nc(CC)n1. The maximum absolute atomic E-state index is 6.01. The third-order valence-electron chi connectivity index (χ3n) is 2.77. The molecule has 1 heterocycles. The summed E-state index contributed by atoms with van der Waals surface area (Å²) in [5.41, 5.74) is 0.973. The van der Waals surface area contributed by atoms with E-state index in [1.807, 2.05) is 39.0 Å². The van der Waals surface area contributed by atoms with Crippen LogP contribution in [-0.2, 0) is 6.42 Å². The van der Waals surface area contributed by atoms with Crippen LogP contribution in [0.4, 0.5) is 5.82 Å². The summed E-state index contributed by atoms with van der Waals surface area (Å²) < 4.78 is 5.79. The summed E-state index contributed by atoms with van der Waals surface area (Å²) in [4.78, 5) is 8.77. The highest BCUT2D eigenvalue weighted by atomic mass is 35.5. The number of nitrogens with one attached hydrogen (secondary N) is 1. The molecule has 0 atom stereocenters. The summed E-state index contributed by atoms with van der Waals surface area (Å²) in [7, 11) is 0. The van der Waals surface area contributed by atoms with Crippen LogP contribution in [0.25, 0.3) is 0 Å². The van der Waals surface area contributed by atoms with Gasteiger partial charge in [-0.15, -0.1) is 0 Å². The van der Waals surface area contributed by atoms with Crippen LogP contribution in [0.1, 0.15) is 25.2 Å². The zero-order chi connectivity index (χ0) is 14.5. The normalized spacial score (nSPS) is 10.4. The zero-order valence-corrected chi connectivity index (χ0v) is 12.7. The Morgan fingerprint density at radius 1 is 1.20 bits per heavy atom. The van der Waals surface area contributed by atoms with Crippen molar-refractivity contribution in [1.29, 1.82) is 0 Å². The molecule has 0 aliphatic heterocycles. The summed E-state index contributed by atoms with van der Waals surface area (Å²) in [6.07, 6.45) is 0.759. The Kier molecular flexibility index (Phi) is 4.79. The van der Waals surface area contributed by atoms with Crippen molar-refractivity contribution < 1.29 is 4.74 Å². The van der Waals surface area contributed by atoms with E-state index in [4.69, 9.17) is 16.3 Å². The summed E-state index contributed by atoms with van der Waals surface area (Å²) in [5.74, 6) is 2.79. The van der Waals surface area contributed by atoms with Gasteiger partial charge in [0, 0.05) is 24.1 Å². The van der Waals surface area contributed by atoms with Gasteiger partial charge in [-0.2, -0.15) is 4.98 Å². The average Bonchev–Trinajstić information content (AvgIpc) is 2.43. The molecule has 2 aromatic rings. The van der Waals surface area contributed by atoms with Gasteiger partial charge in [-0.3, -0.25) is 0 Å². The van der Waals surface area contributed by atoms with Crippen LogP contribution < -0.4 is 10.1 Å². The average molecular weight is 292 g/mol. The van der Waals surface area contributed by atoms with Crippen LogP contribution in [0.15, 0.2) is 24.3 Å². The van der Waals surface area contributed by atoms with Crippen LogP contribution in [0.2, 0.25) is 5.02 Å².